The Kier molecular flexibility index (Phi) is 5.54. The number of benzene rings is 2. The van der Waals surface area contributed by atoms with Crippen LogP contribution in [0.1, 0.15) is 36.9 Å². The lowest BCUT2D eigenvalue weighted by Crippen LogP contribution is -2.33. The summed E-state index contributed by atoms with van der Waals surface area (Å²) >= 11 is 12.0. The molecule has 0 aromatic heterocycles. The zero-order chi connectivity index (χ0) is 18.7. The molecule has 26 heavy (non-hydrogen) atoms. The van der Waals surface area contributed by atoms with E-state index < -0.39 is 5.41 Å². The molecule has 6 heteroatoms. The van der Waals surface area contributed by atoms with Crippen molar-refractivity contribution in [3.8, 4) is 0 Å². The molecule has 1 saturated carbocycles. The summed E-state index contributed by atoms with van der Waals surface area (Å²) in [6.07, 6.45) is 1.49. The molecule has 1 aliphatic carbocycles. The van der Waals surface area contributed by atoms with E-state index in [1.165, 1.54) is 0 Å². The molecule has 2 aromatic carbocycles. The number of amides is 1. The van der Waals surface area contributed by atoms with Crippen molar-refractivity contribution in [1.29, 1.82) is 0 Å². The first-order valence-corrected chi connectivity index (χ1v) is 9.15. The van der Waals surface area contributed by atoms with Crippen LogP contribution in [0, 0.1) is 0 Å². The number of hydrogen-bond donors (Lipinski definition) is 1. The van der Waals surface area contributed by atoms with Gasteiger partial charge in [-0.05, 0) is 43.0 Å². The van der Waals surface area contributed by atoms with Gasteiger partial charge in [-0.15, -0.1) is 0 Å². The van der Waals surface area contributed by atoms with Gasteiger partial charge in [0.05, 0.1) is 11.5 Å². The minimum Gasteiger partial charge on any atom is -0.455 e. The summed E-state index contributed by atoms with van der Waals surface area (Å²) in [4.78, 5) is 24.6. The maximum atomic E-state index is 12.4. The van der Waals surface area contributed by atoms with E-state index in [-0.39, 0.29) is 24.5 Å². The van der Waals surface area contributed by atoms with Gasteiger partial charge in [-0.25, -0.2) is 0 Å². The Morgan fingerprint density at radius 2 is 1.85 bits per heavy atom. The number of rotatable bonds is 6. The van der Waals surface area contributed by atoms with Crippen LogP contribution in [-0.4, -0.2) is 18.5 Å². The number of ether oxygens (including phenoxy) is 1. The second-order valence-corrected chi connectivity index (χ2v) is 7.32. The topological polar surface area (TPSA) is 55.4 Å². The van der Waals surface area contributed by atoms with Crippen molar-refractivity contribution in [1.82, 2.24) is 5.32 Å². The van der Waals surface area contributed by atoms with Crippen LogP contribution >= 0.6 is 23.2 Å². The Labute approximate surface area is 162 Å². The van der Waals surface area contributed by atoms with Crippen molar-refractivity contribution in [2.45, 2.75) is 31.2 Å². The summed E-state index contributed by atoms with van der Waals surface area (Å²) in [5.41, 5.74) is 1.09. The molecule has 0 bridgehead atoms. The molecule has 1 fully saturated rings. The molecule has 0 heterocycles. The Bertz CT molecular complexity index is 819. The molecule has 136 valence electrons. The summed E-state index contributed by atoms with van der Waals surface area (Å²) < 4.78 is 5.27. The summed E-state index contributed by atoms with van der Waals surface area (Å²) in [6, 6.07) is 14.3. The van der Waals surface area contributed by atoms with Gasteiger partial charge in [0.2, 0.25) is 0 Å². The second-order valence-electron chi connectivity index (χ2n) is 6.48. The van der Waals surface area contributed by atoms with Crippen LogP contribution in [0.2, 0.25) is 10.0 Å². The predicted molar refractivity (Wildman–Crippen MR) is 101 cm³/mol. The van der Waals surface area contributed by atoms with E-state index in [0.717, 1.165) is 24.0 Å². The normalized spacial score (nSPS) is 15.8. The molecule has 1 aliphatic rings. The maximum Gasteiger partial charge on any atom is 0.317 e. The van der Waals surface area contributed by atoms with Crippen molar-refractivity contribution in [3.05, 3.63) is 69.7 Å². The standard InChI is InChI=1S/C20H19Cl2NO3/c1-13(16-8-7-15(21)11-17(16)22)23-18(24)12-26-19(25)20(9-10-20)14-5-3-2-4-6-14/h2-8,11,13H,9-10,12H2,1H3,(H,23,24)/t13-/m1/s1. The molecule has 1 atom stereocenters. The first kappa shape index (κ1) is 18.7. The molecule has 1 amide bonds. The Balaban J connectivity index is 1.55. The van der Waals surface area contributed by atoms with Crippen LogP contribution in [0.15, 0.2) is 48.5 Å². The highest BCUT2D eigenvalue weighted by Crippen LogP contribution is 2.49. The largest absolute Gasteiger partial charge is 0.455 e. The van der Waals surface area contributed by atoms with Crippen LogP contribution in [0.25, 0.3) is 0 Å². The number of esters is 1. The Morgan fingerprint density at radius 1 is 1.15 bits per heavy atom. The fourth-order valence-electron chi connectivity index (χ4n) is 2.98. The Morgan fingerprint density at radius 3 is 2.46 bits per heavy atom. The maximum absolute atomic E-state index is 12.4. The highest BCUT2D eigenvalue weighted by molar-refractivity contribution is 6.35. The summed E-state index contributed by atoms with van der Waals surface area (Å²) in [5, 5.41) is 3.78. The van der Waals surface area contributed by atoms with Crippen LogP contribution in [-0.2, 0) is 19.7 Å². The van der Waals surface area contributed by atoms with E-state index in [2.05, 4.69) is 5.32 Å². The average Bonchev–Trinajstić information content (AvgIpc) is 3.42. The molecule has 3 rings (SSSR count). The molecular weight excluding hydrogens is 373 g/mol. The first-order chi connectivity index (χ1) is 12.4. The average molecular weight is 392 g/mol. The van der Waals surface area contributed by atoms with Gasteiger partial charge in [0.25, 0.3) is 5.91 Å². The van der Waals surface area contributed by atoms with E-state index in [0.29, 0.717) is 10.0 Å². The third kappa shape index (κ3) is 4.02. The number of carbonyl (C=O) groups excluding carboxylic acids is 2. The van der Waals surface area contributed by atoms with E-state index >= 15 is 0 Å². The van der Waals surface area contributed by atoms with Gasteiger partial charge >= 0.3 is 5.97 Å². The van der Waals surface area contributed by atoms with Crippen LogP contribution < -0.4 is 5.32 Å². The molecular formula is C20H19Cl2NO3. The van der Waals surface area contributed by atoms with Gasteiger partial charge in [0.1, 0.15) is 0 Å². The molecule has 0 unspecified atom stereocenters. The quantitative estimate of drug-likeness (QED) is 0.740. The molecule has 1 N–H and O–H groups in total. The summed E-state index contributed by atoms with van der Waals surface area (Å²) in [7, 11) is 0. The van der Waals surface area contributed by atoms with Gasteiger partial charge in [-0.2, -0.15) is 0 Å². The third-order valence-electron chi connectivity index (χ3n) is 4.61. The van der Waals surface area contributed by atoms with E-state index in [4.69, 9.17) is 27.9 Å². The molecule has 4 nitrogen and oxygen atoms in total. The molecule has 2 aromatic rings. The SMILES string of the molecule is C[C@@H](NC(=O)COC(=O)C1(c2ccccc2)CC1)c1ccc(Cl)cc1Cl. The highest BCUT2D eigenvalue weighted by Gasteiger charge is 2.52. The Hall–Kier alpha value is -2.04. The number of nitrogens with one attached hydrogen (secondary N) is 1. The van der Waals surface area contributed by atoms with Gasteiger partial charge in [-0.3, -0.25) is 9.59 Å². The van der Waals surface area contributed by atoms with Crippen molar-refractivity contribution in [2.24, 2.45) is 0 Å². The first-order valence-electron chi connectivity index (χ1n) is 8.39. The molecule has 0 saturated heterocycles. The van der Waals surface area contributed by atoms with Crippen LogP contribution in [0.3, 0.4) is 0 Å². The van der Waals surface area contributed by atoms with Gasteiger partial charge < -0.3 is 10.1 Å². The minimum absolute atomic E-state index is 0.317. The van der Waals surface area contributed by atoms with E-state index in [1.807, 2.05) is 30.3 Å². The molecule has 0 radical (unpaired) electrons. The lowest BCUT2D eigenvalue weighted by molar-refractivity contribution is -0.151. The summed E-state index contributed by atoms with van der Waals surface area (Å²) in [5.74, 6) is -0.725. The van der Waals surface area contributed by atoms with Crippen molar-refractivity contribution < 1.29 is 14.3 Å². The number of hydrogen-bond acceptors (Lipinski definition) is 3. The minimum atomic E-state index is -0.591. The monoisotopic (exact) mass is 391 g/mol. The zero-order valence-electron chi connectivity index (χ0n) is 14.3. The molecule has 0 aliphatic heterocycles. The third-order valence-corrected chi connectivity index (χ3v) is 5.17. The number of carbonyl (C=O) groups is 2. The van der Waals surface area contributed by atoms with Crippen LogP contribution in [0.4, 0.5) is 0 Å². The fourth-order valence-corrected chi connectivity index (χ4v) is 3.55. The van der Waals surface area contributed by atoms with Crippen molar-refractivity contribution in [2.75, 3.05) is 6.61 Å². The molecule has 0 spiro atoms. The summed E-state index contributed by atoms with van der Waals surface area (Å²) in [6.45, 7) is 1.49. The lowest BCUT2D eigenvalue weighted by Gasteiger charge is -2.17. The van der Waals surface area contributed by atoms with Gasteiger partial charge in [-0.1, -0.05) is 59.6 Å². The smallest absolute Gasteiger partial charge is 0.317 e. The highest BCUT2D eigenvalue weighted by atomic mass is 35.5. The predicted octanol–water partition coefficient (Wildman–Crippen LogP) is 4.45. The van der Waals surface area contributed by atoms with Crippen molar-refractivity contribution >= 4 is 35.1 Å². The zero-order valence-corrected chi connectivity index (χ0v) is 15.8. The number of halogens is 2. The van der Waals surface area contributed by atoms with Gasteiger partial charge in [0, 0.05) is 10.0 Å². The van der Waals surface area contributed by atoms with E-state index in [9.17, 15) is 9.59 Å². The lowest BCUT2D eigenvalue weighted by atomic mass is 9.96. The van der Waals surface area contributed by atoms with E-state index in [1.54, 1.807) is 25.1 Å². The van der Waals surface area contributed by atoms with Gasteiger partial charge in [0.15, 0.2) is 6.61 Å². The van der Waals surface area contributed by atoms with Crippen molar-refractivity contribution in [3.63, 3.8) is 0 Å². The van der Waals surface area contributed by atoms with Crippen LogP contribution in [0.5, 0.6) is 0 Å². The fraction of sp³-hybridized carbons (Fsp3) is 0.300. The second kappa shape index (κ2) is 7.68.